The number of nitrogens with zero attached hydrogens (tertiary/aromatic N) is 1. The van der Waals surface area contributed by atoms with Gasteiger partial charge in [-0.15, -0.1) is 0 Å². The van der Waals surface area contributed by atoms with Gasteiger partial charge in [0.25, 0.3) is 0 Å². The van der Waals surface area contributed by atoms with E-state index in [0.717, 1.165) is 19.6 Å². The van der Waals surface area contributed by atoms with Gasteiger partial charge in [0.2, 0.25) is 0 Å². The number of rotatable bonds is 23. The lowest BCUT2D eigenvalue weighted by Gasteiger charge is -2.09. The number of aldehydes is 1. The molecule has 0 aliphatic heterocycles. The van der Waals surface area contributed by atoms with E-state index in [1.807, 2.05) is 0 Å². The van der Waals surface area contributed by atoms with Gasteiger partial charge in [0.15, 0.2) is 0 Å². The second kappa shape index (κ2) is 30.5. The van der Waals surface area contributed by atoms with Gasteiger partial charge in [0, 0.05) is 19.6 Å². The number of aliphatic carboxylic acids is 1. The molecule has 0 aromatic heterocycles. The first-order valence-corrected chi connectivity index (χ1v) is 13.2. The normalized spacial score (nSPS) is 11.3. The highest BCUT2D eigenvalue weighted by Crippen LogP contribution is 2.08. The van der Waals surface area contributed by atoms with Gasteiger partial charge >= 0.3 is 5.97 Å². The van der Waals surface area contributed by atoms with Crippen LogP contribution in [0.4, 0.5) is 0 Å². The third-order valence-electron chi connectivity index (χ3n) is 5.11. The fraction of sp³-hybridized carbons (Fsp3) is 0.786. The van der Waals surface area contributed by atoms with Crippen LogP contribution in [0.2, 0.25) is 0 Å². The van der Waals surface area contributed by atoms with E-state index in [9.17, 15) is 9.59 Å². The highest BCUT2D eigenvalue weighted by molar-refractivity contribution is 5.70. The largest absolute Gasteiger partial charge is 0.481 e. The summed E-state index contributed by atoms with van der Waals surface area (Å²) in [5, 5.41) is 7.89. The number of hydrogen-bond acceptors (Lipinski definition) is 4. The number of ether oxygens (including phenoxy) is 1. The van der Waals surface area contributed by atoms with Crippen LogP contribution in [0, 0.1) is 0 Å². The molecular formula is C28H53NO4. The summed E-state index contributed by atoms with van der Waals surface area (Å²) in [6.07, 6.45) is 28.1. The van der Waals surface area contributed by atoms with E-state index in [0.29, 0.717) is 6.29 Å². The molecule has 0 aliphatic rings. The molecule has 0 saturated heterocycles. The standard InChI is InChI=1S/C24H47NO.C4H6O3/c1-4-5-6-7-8-9-10-11-12-13-14-15-16-17-18-20-23-26-24-21-19-22-25(2)3;5-3-1-2-4(6)7/h8-9,11-12H,4-7,10,13-24H2,1-3H3;3H,1-2H2,(H,6,7)/b9-8-,12-11-;. The molecule has 0 atom stereocenters. The van der Waals surface area contributed by atoms with Crippen molar-refractivity contribution in [3.05, 3.63) is 24.3 Å². The Morgan fingerprint density at radius 2 is 1.30 bits per heavy atom. The number of carboxylic acid groups (broad SMARTS) is 1. The summed E-state index contributed by atoms with van der Waals surface area (Å²) >= 11 is 0. The minimum atomic E-state index is -0.924. The van der Waals surface area contributed by atoms with Crippen molar-refractivity contribution in [3.63, 3.8) is 0 Å². The van der Waals surface area contributed by atoms with Crippen molar-refractivity contribution in [2.45, 2.75) is 110 Å². The molecule has 0 heterocycles. The quantitative estimate of drug-likeness (QED) is 0.0977. The van der Waals surface area contributed by atoms with E-state index < -0.39 is 5.97 Å². The molecule has 0 rings (SSSR count). The van der Waals surface area contributed by atoms with Crippen LogP contribution in [-0.4, -0.2) is 56.1 Å². The molecule has 0 aromatic rings. The molecule has 33 heavy (non-hydrogen) atoms. The summed E-state index contributed by atoms with van der Waals surface area (Å²) in [6.45, 7) is 5.33. The van der Waals surface area contributed by atoms with Crippen molar-refractivity contribution in [1.82, 2.24) is 4.90 Å². The van der Waals surface area contributed by atoms with Gasteiger partial charge in [-0.05, 0) is 72.0 Å². The number of carboxylic acids is 1. The van der Waals surface area contributed by atoms with Gasteiger partial charge < -0.3 is 19.5 Å². The zero-order valence-corrected chi connectivity index (χ0v) is 21.9. The summed E-state index contributed by atoms with van der Waals surface area (Å²) in [6, 6.07) is 0. The molecule has 1 N–H and O–H groups in total. The van der Waals surface area contributed by atoms with Crippen LogP contribution in [0.3, 0.4) is 0 Å². The van der Waals surface area contributed by atoms with E-state index >= 15 is 0 Å². The minimum Gasteiger partial charge on any atom is -0.481 e. The first kappa shape index (κ1) is 33.7. The minimum absolute atomic E-state index is 0.0521. The van der Waals surface area contributed by atoms with E-state index in [2.05, 4.69) is 50.2 Å². The number of carbonyl (C=O) groups is 2. The Bertz CT molecular complexity index is 461. The molecule has 0 aromatic carbocycles. The molecule has 5 nitrogen and oxygen atoms in total. The summed E-state index contributed by atoms with van der Waals surface area (Å²) in [4.78, 5) is 21.3. The van der Waals surface area contributed by atoms with Crippen LogP contribution >= 0.6 is 0 Å². The van der Waals surface area contributed by atoms with Crippen molar-refractivity contribution in [2.75, 3.05) is 33.9 Å². The van der Waals surface area contributed by atoms with Gasteiger partial charge in [0.05, 0.1) is 6.42 Å². The number of carbonyl (C=O) groups excluding carboxylic acids is 1. The number of hydrogen-bond donors (Lipinski definition) is 1. The van der Waals surface area contributed by atoms with Crippen molar-refractivity contribution in [2.24, 2.45) is 0 Å². The maximum Gasteiger partial charge on any atom is 0.303 e. The third kappa shape index (κ3) is 38.1. The molecule has 0 bridgehead atoms. The van der Waals surface area contributed by atoms with Crippen LogP contribution in [0.5, 0.6) is 0 Å². The molecule has 0 saturated carbocycles. The summed E-state index contributed by atoms with van der Waals surface area (Å²) in [5.41, 5.74) is 0. The predicted octanol–water partition coefficient (Wildman–Crippen LogP) is 7.21. The topological polar surface area (TPSA) is 66.8 Å². The van der Waals surface area contributed by atoms with Crippen molar-refractivity contribution in [1.29, 1.82) is 0 Å². The SMILES string of the molecule is CCCCC/C=C\C/C=C\CCCCCCCCOCCCCN(C)C.O=CCCC(=O)O. The lowest BCUT2D eigenvalue weighted by atomic mass is 10.1. The molecule has 0 spiro atoms. The van der Waals surface area contributed by atoms with Gasteiger partial charge in [-0.2, -0.15) is 0 Å². The number of unbranched alkanes of at least 4 members (excludes halogenated alkanes) is 10. The highest BCUT2D eigenvalue weighted by Gasteiger charge is 1.94. The molecule has 194 valence electrons. The first-order chi connectivity index (χ1) is 16.0. The van der Waals surface area contributed by atoms with Crippen LogP contribution in [0.15, 0.2) is 24.3 Å². The first-order valence-electron chi connectivity index (χ1n) is 13.2. The maximum atomic E-state index is 9.60. The van der Waals surface area contributed by atoms with Gasteiger partial charge in [-0.1, -0.05) is 69.8 Å². The smallest absolute Gasteiger partial charge is 0.303 e. The van der Waals surface area contributed by atoms with Crippen molar-refractivity contribution in [3.8, 4) is 0 Å². The fourth-order valence-electron chi connectivity index (χ4n) is 3.11. The Labute approximate surface area is 204 Å². The molecule has 0 fully saturated rings. The zero-order chi connectivity index (χ0) is 24.8. The lowest BCUT2D eigenvalue weighted by Crippen LogP contribution is -2.13. The second-order valence-corrected chi connectivity index (χ2v) is 8.81. The van der Waals surface area contributed by atoms with Crippen LogP contribution < -0.4 is 0 Å². The van der Waals surface area contributed by atoms with Gasteiger partial charge in [-0.3, -0.25) is 4.79 Å². The average molecular weight is 468 g/mol. The van der Waals surface area contributed by atoms with Crippen molar-refractivity contribution >= 4 is 12.3 Å². The summed E-state index contributed by atoms with van der Waals surface area (Å²) < 4.78 is 5.70. The van der Waals surface area contributed by atoms with Gasteiger partial charge in [-0.25, -0.2) is 0 Å². The van der Waals surface area contributed by atoms with E-state index in [1.54, 1.807) is 0 Å². The Morgan fingerprint density at radius 1 is 0.758 bits per heavy atom. The Kier molecular flexibility index (Phi) is 31.2. The van der Waals surface area contributed by atoms with Crippen LogP contribution in [0.25, 0.3) is 0 Å². The van der Waals surface area contributed by atoms with Crippen molar-refractivity contribution < 1.29 is 19.4 Å². The van der Waals surface area contributed by atoms with Crippen LogP contribution in [-0.2, 0) is 14.3 Å². The Balaban J connectivity index is 0. The second-order valence-electron chi connectivity index (χ2n) is 8.81. The van der Waals surface area contributed by atoms with E-state index in [1.165, 1.54) is 90.0 Å². The van der Waals surface area contributed by atoms with Gasteiger partial charge in [0.1, 0.15) is 6.29 Å². The zero-order valence-electron chi connectivity index (χ0n) is 21.9. The summed E-state index contributed by atoms with van der Waals surface area (Å²) in [7, 11) is 4.26. The molecule has 0 aliphatic carbocycles. The van der Waals surface area contributed by atoms with Crippen LogP contribution in [0.1, 0.15) is 110 Å². The third-order valence-corrected chi connectivity index (χ3v) is 5.11. The highest BCUT2D eigenvalue weighted by atomic mass is 16.5. The molecule has 0 radical (unpaired) electrons. The molecular weight excluding hydrogens is 414 g/mol. The van der Waals surface area contributed by atoms with E-state index in [4.69, 9.17) is 9.84 Å². The predicted molar refractivity (Wildman–Crippen MR) is 141 cm³/mol. The molecule has 0 amide bonds. The average Bonchev–Trinajstić information content (AvgIpc) is 2.79. The lowest BCUT2D eigenvalue weighted by molar-refractivity contribution is -0.137. The Morgan fingerprint density at radius 3 is 1.82 bits per heavy atom. The monoisotopic (exact) mass is 467 g/mol. The maximum absolute atomic E-state index is 9.60. The summed E-state index contributed by atoms with van der Waals surface area (Å²) in [5.74, 6) is -0.924. The molecule has 5 heteroatoms. The Hall–Kier alpha value is -1.46. The molecule has 0 unspecified atom stereocenters. The number of allylic oxidation sites excluding steroid dienone is 4. The van der Waals surface area contributed by atoms with E-state index in [-0.39, 0.29) is 12.8 Å². The fourth-order valence-corrected chi connectivity index (χ4v) is 3.11.